The molecule has 1 aromatic heterocycles. The molecule has 0 spiro atoms. The van der Waals surface area contributed by atoms with Gasteiger partial charge in [0.05, 0.1) is 7.11 Å². The van der Waals surface area contributed by atoms with E-state index in [0.717, 1.165) is 18.3 Å². The molecule has 1 N–H and O–H groups in total. The van der Waals surface area contributed by atoms with Crippen LogP contribution in [0.25, 0.3) is 0 Å². The van der Waals surface area contributed by atoms with E-state index in [1.54, 1.807) is 14.2 Å². The summed E-state index contributed by atoms with van der Waals surface area (Å²) < 4.78 is 5.10. The largest absolute Gasteiger partial charge is 0.467 e. The Bertz CT molecular complexity index is 373. The third-order valence-electron chi connectivity index (χ3n) is 3.07. The van der Waals surface area contributed by atoms with Gasteiger partial charge >= 0.3 is 6.01 Å². The fourth-order valence-electron chi connectivity index (χ4n) is 1.98. The molecular formula is C11H19N5OS. The minimum absolute atomic E-state index is 0.358. The normalized spacial score (nSPS) is 16.7. The number of hydrogen-bond acceptors (Lipinski definition) is 7. The van der Waals surface area contributed by atoms with Crippen LogP contribution in [0.3, 0.4) is 0 Å². The highest BCUT2D eigenvalue weighted by Crippen LogP contribution is 2.24. The van der Waals surface area contributed by atoms with Crippen LogP contribution in [0.15, 0.2) is 0 Å². The van der Waals surface area contributed by atoms with Crippen LogP contribution in [0.1, 0.15) is 12.8 Å². The van der Waals surface area contributed by atoms with Crippen LogP contribution in [-0.2, 0) is 0 Å². The number of thioether (sulfide) groups is 1. The van der Waals surface area contributed by atoms with Crippen LogP contribution in [0, 0.1) is 0 Å². The molecule has 0 radical (unpaired) electrons. The van der Waals surface area contributed by atoms with Crippen molar-refractivity contribution in [1.82, 2.24) is 15.0 Å². The Kier molecular flexibility index (Phi) is 4.46. The molecule has 18 heavy (non-hydrogen) atoms. The first-order valence-electron chi connectivity index (χ1n) is 6.02. The number of anilines is 2. The average molecular weight is 269 g/mol. The van der Waals surface area contributed by atoms with E-state index in [4.69, 9.17) is 4.74 Å². The Morgan fingerprint density at radius 1 is 1.28 bits per heavy atom. The van der Waals surface area contributed by atoms with Gasteiger partial charge in [-0.05, 0) is 19.1 Å². The topological polar surface area (TPSA) is 63.2 Å². The fraction of sp³-hybridized carbons (Fsp3) is 0.727. The van der Waals surface area contributed by atoms with Gasteiger partial charge in [-0.25, -0.2) is 0 Å². The zero-order chi connectivity index (χ0) is 13.0. The first kappa shape index (κ1) is 13.2. The number of nitrogens with one attached hydrogen (secondary N) is 1. The Morgan fingerprint density at radius 3 is 2.56 bits per heavy atom. The third-order valence-corrected chi connectivity index (χ3v) is 4.21. The van der Waals surface area contributed by atoms with E-state index in [0.29, 0.717) is 17.9 Å². The lowest BCUT2D eigenvalue weighted by atomic mass is 10.1. The maximum Gasteiger partial charge on any atom is 0.322 e. The SMILES string of the molecule is CNc1nc(OC)nc(N2CCC(SC)CC2)n1. The monoisotopic (exact) mass is 269 g/mol. The fourth-order valence-corrected chi connectivity index (χ4v) is 2.66. The minimum atomic E-state index is 0.358. The van der Waals surface area contributed by atoms with Crippen LogP contribution in [-0.4, -0.2) is 53.7 Å². The van der Waals surface area contributed by atoms with Crippen LogP contribution >= 0.6 is 11.8 Å². The third kappa shape index (κ3) is 2.95. The molecule has 7 heteroatoms. The lowest BCUT2D eigenvalue weighted by molar-refractivity contribution is 0.378. The molecule has 0 aromatic carbocycles. The highest BCUT2D eigenvalue weighted by molar-refractivity contribution is 7.99. The van der Waals surface area contributed by atoms with Crippen molar-refractivity contribution in [1.29, 1.82) is 0 Å². The molecule has 1 aliphatic rings. The second kappa shape index (κ2) is 6.08. The van der Waals surface area contributed by atoms with Gasteiger partial charge in [0.25, 0.3) is 0 Å². The van der Waals surface area contributed by atoms with Gasteiger partial charge in [0.15, 0.2) is 0 Å². The Morgan fingerprint density at radius 2 is 2.00 bits per heavy atom. The molecule has 0 atom stereocenters. The summed E-state index contributed by atoms with van der Waals surface area (Å²) in [6.07, 6.45) is 4.51. The number of hydrogen-bond donors (Lipinski definition) is 1. The molecule has 100 valence electrons. The highest BCUT2D eigenvalue weighted by atomic mass is 32.2. The number of rotatable bonds is 4. The highest BCUT2D eigenvalue weighted by Gasteiger charge is 2.21. The zero-order valence-corrected chi connectivity index (χ0v) is 11.8. The molecule has 2 heterocycles. The number of ether oxygens (including phenoxy) is 1. The summed E-state index contributed by atoms with van der Waals surface area (Å²) in [6.45, 7) is 1.98. The minimum Gasteiger partial charge on any atom is -0.467 e. The molecule has 1 aliphatic heterocycles. The van der Waals surface area contributed by atoms with Crippen molar-refractivity contribution in [2.75, 3.05) is 43.7 Å². The smallest absolute Gasteiger partial charge is 0.322 e. The second-order valence-corrected chi connectivity index (χ2v) is 5.26. The van der Waals surface area contributed by atoms with Gasteiger partial charge in [-0.3, -0.25) is 0 Å². The van der Waals surface area contributed by atoms with E-state index < -0.39 is 0 Å². The summed E-state index contributed by atoms with van der Waals surface area (Å²) >= 11 is 1.94. The van der Waals surface area contributed by atoms with E-state index in [1.807, 2.05) is 11.8 Å². The maximum atomic E-state index is 5.10. The zero-order valence-electron chi connectivity index (χ0n) is 11.0. The van der Waals surface area contributed by atoms with Crippen LogP contribution < -0.4 is 15.0 Å². The van der Waals surface area contributed by atoms with Gasteiger partial charge in [0, 0.05) is 25.4 Å². The molecule has 6 nitrogen and oxygen atoms in total. The summed E-state index contributed by atoms with van der Waals surface area (Å²) in [5.41, 5.74) is 0. The Balaban J connectivity index is 2.13. The molecule has 1 aromatic rings. The van der Waals surface area contributed by atoms with E-state index in [9.17, 15) is 0 Å². The van der Waals surface area contributed by atoms with E-state index in [1.165, 1.54) is 12.8 Å². The number of nitrogens with zero attached hydrogens (tertiary/aromatic N) is 4. The number of methoxy groups -OCH3 is 1. The van der Waals surface area contributed by atoms with Gasteiger partial charge in [-0.2, -0.15) is 26.7 Å². The summed E-state index contributed by atoms with van der Waals surface area (Å²) in [7, 11) is 3.36. The van der Waals surface area contributed by atoms with Crippen molar-refractivity contribution in [3.8, 4) is 6.01 Å². The van der Waals surface area contributed by atoms with Crippen molar-refractivity contribution in [3.05, 3.63) is 0 Å². The molecule has 0 aliphatic carbocycles. The van der Waals surface area contributed by atoms with E-state index >= 15 is 0 Å². The van der Waals surface area contributed by atoms with Crippen molar-refractivity contribution < 1.29 is 4.74 Å². The molecule has 1 saturated heterocycles. The van der Waals surface area contributed by atoms with Gasteiger partial charge < -0.3 is 15.0 Å². The quantitative estimate of drug-likeness (QED) is 0.882. The molecule has 0 saturated carbocycles. The predicted octanol–water partition coefficient (Wildman–Crippen LogP) is 1.25. The van der Waals surface area contributed by atoms with Crippen molar-refractivity contribution in [2.24, 2.45) is 0 Å². The predicted molar refractivity (Wildman–Crippen MR) is 74.7 cm³/mol. The molecule has 2 rings (SSSR count). The molecule has 1 fully saturated rings. The molecule has 0 bridgehead atoms. The summed E-state index contributed by atoms with van der Waals surface area (Å²) in [4.78, 5) is 15.0. The number of piperidine rings is 1. The van der Waals surface area contributed by atoms with Crippen molar-refractivity contribution in [3.63, 3.8) is 0 Å². The van der Waals surface area contributed by atoms with Gasteiger partial charge in [0.1, 0.15) is 0 Å². The van der Waals surface area contributed by atoms with E-state index in [-0.39, 0.29) is 0 Å². The summed E-state index contributed by atoms with van der Waals surface area (Å²) in [5.74, 6) is 1.24. The lowest BCUT2D eigenvalue weighted by Crippen LogP contribution is -2.36. The van der Waals surface area contributed by atoms with Crippen molar-refractivity contribution in [2.45, 2.75) is 18.1 Å². The standard InChI is InChI=1S/C11H19N5OS/c1-12-9-13-10(15-11(14-9)17-2)16-6-4-8(18-3)5-7-16/h8H,4-7H2,1-3H3,(H,12,13,14,15). The molecule has 0 unspecified atom stereocenters. The van der Waals surface area contributed by atoms with Gasteiger partial charge in [-0.15, -0.1) is 0 Å². The second-order valence-electron chi connectivity index (χ2n) is 4.12. The van der Waals surface area contributed by atoms with Gasteiger partial charge in [-0.1, -0.05) is 0 Å². The average Bonchev–Trinajstić information content (AvgIpc) is 2.46. The molecule has 0 amide bonds. The van der Waals surface area contributed by atoms with Gasteiger partial charge in [0.2, 0.25) is 11.9 Å². The summed E-state index contributed by atoms with van der Waals surface area (Å²) in [6, 6.07) is 0.358. The molecular weight excluding hydrogens is 250 g/mol. The van der Waals surface area contributed by atoms with Crippen LogP contribution in [0.4, 0.5) is 11.9 Å². The first-order chi connectivity index (χ1) is 8.76. The number of aromatic nitrogens is 3. The first-order valence-corrected chi connectivity index (χ1v) is 7.31. The lowest BCUT2D eigenvalue weighted by Gasteiger charge is -2.31. The Labute approximate surface area is 112 Å². The maximum absolute atomic E-state index is 5.10. The Hall–Kier alpha value is -1.24. The van der Waals surface area contributed by atoms with E-state index in [2.05, 4.69) is 31.4 Å². The van der Waals surface area contributed by atoms with Crippen molar-refractivity contribution >= 4 is 23.7 Å². The van der Waals surface area contributed by atoms with Crippen LogP contribution in [0.5, 0.6) is 6.01 Å². The summed E-state index contributed by atoms with van der Waals surface area (Å²) in [5, 5.41) is 3.69. The van der Waals surface area contributed by atoms with Crippen LogP contribution in [0.2, 0.25) is 0 Å².